The second kappa shape index (κ2) is 7.48. The quantitative estimate of drug-likeness (QED) is 0.598. The minimum Gasteiger partial charge on any atom is -0.481 e. The Labute approximate surface area is 102 Å². The minimum atomic E-state index is -0.768. The first-order valence-corrected chi connectivity index (χ1v) is 5.66. The van der Waals surface area contributed by atoms with Gasteiger partial charge in [-0.05, 0) is 31.2 Å². The molecule has 2 N–H and O–H groups in total. The highest BCUT2D eigenvalue weighted by molar-refractivity contribution is 5.67. The fraction of sp³-hybridized carbons (Fsp3) is 0.357. The van der Waals surface area contributed by atoms with E-state index in [2.05, 4.69) is 17.2 Å². The van der Waals surface area contributed by atoms with Crippen molar-refractivity contribution < 1.29 is 9.90 Å². The summed E-state index contributed by atoms with van der Waals surface area (Å²) < 4.78 is 0. The van der Waals surface area contributed by atoms with Gasteiger partial charge in [-0.25, -0.2) is 0 Å². The minimum absolute atomic E-state index is 0.163. The fourth-order valence-electron chi connectivity index (χ4n) is 1.41. The lowest BCUT2D eigenvalue weighted by atomic mass is 10.1. The van der Waals surface area contributed by atoms with Crippen LogP contribution in [0, 0.1) is 11.8 Å². The average molecular weight is 231 g/mol. The van der Waals surface area contributed by atoms with Gasteiger partial charge in [0, 0.05) is 24.9 Å². The summed E-state index contributed by atoms with van der Waals surface area (Å²) in [6.07, 6.45) is 1.54. The van der Waals surface area contributed by atoms with E-state index in [0.29, 0.717) is 6.42 Å². The average Bonchev–Trinajstić information content (AvgIpc) is 2.33. The van der Waals surface area contributed by atoms with Crippen molar-refractivity contribution >= 4 is 5.97 Å². The van der Waals surface area contributed by atoms with Crippen molar-refractivity contribution in [2.45, 2.75) is 19.3 Å². The second-order valence-corrected chi connectivity index (χ2v) is 3.75. The number of aryl methyl sites for hydroxylation is 1. The lowest BCUT2D eigenvalue weighted by Crippen LogP contribution is -2.05. The molecule has 3 nitrogen and oxygen atoms in total. The van der Waals surface area contributed by atoms with E-state index in [0.717, 1.165) is 24.1 Å². The monoisotopic (exact) mass is 231 g/mol. The molecule has 0 bridgehead atoms. The molecule has 1 rings (SSSR count). The van der Waals surface area contributed by atoms with Crippen LogP contribution in [0.25, 0.3) is 0 Å². The fourth-order valence-corrected chi connectivity index (χ4v) is 1.41. The van der Waals surface area contributed by atoms with Gasteiger partial charge in [0.05, 0.1) is 0 Å². The van der Waals surface area contributed by atoms with Crippen molar-refractivity contribution in [2.75, 3.05) is 13.6 Å². The van der Waals surface area contributed by atoms with Gasteiger partial charge in [0.1, 0.15) is 0 Å². The van der Waals surface area contributed by atoms with Gasteiger partial charge in [-0.1, -0.05) is 24.0 Å². The van der Waals surface area contributed by atoms with Gasteiger partial charge >= 0.3 is 5.97 Å². The first-order valence-electron chi connectivity index (χ1n) is 5.66. The van der Waals surface area contributed by atoms with Crippen LogP contribution >= 0.6 is 0 Å². The van der Waals surface area contributed by atoms with Crippen molar-refractivity contribution in [3.8, 4) is 11.8 Å². The van der Waals surface area contributed by atoms with Gasteiger partial charge in [0.15, 0.2) is 0 Å². The zero-order chi connectivity index (χ0) is 12.5. The smallest absolute Gasteiger partial charge is 0.303 e. The summed E-state index contributed by atoms with van der Waals surface area (Å²) in [5, 5.41) is 11.6. The molecule has 3 heteroatoms. The lowest BCUT2D eigenvalue weighted by molar-refractivity contribution is -0.136. The predicted molar refractivity (Wildman–Crippen MR) is 67.8 cm³/mol. The van der Waals surface area contributed by atoms with Crippen molar-refractivity contribution in [1.29, 1.82) is 0 Å². The first-order chi connectivity index (χ1) is 8.22. The number of hydrogen-bond donors (Lipinski definition) is 2. The summed E-state index contributed by atoms with van der Waals surface area (Å²) in [6.45, 7) is 0.881. The van der Waals surface area contributed by atoms with Crippen LogP contribution in [0.3, 0.4) is 0 Å². The van der Waals surface area contributed by atoms with Crippen molar-refractivity contribution in [3.05, 3.63) is 35.4 Å². The maximum atomic E-state index is 10.5. The van der Waals surface area contributed by atoms with E-state index in [1.54, 1.807) is 0 Å². The van der Waals surface area contributed by atoms with Crippen LogP contribution in [0.4, 0.5) is 0 Å². The molecule has 0 aliphatic carbocycles. The van der Waals surface area contributed by atoms with E-state index in [-0.39, 0.29) is 6.42 Å². The van der Waals surface area contributed by atoms with Crippen LogP contribution in [0.5, 0.6) is 0 Å². The van der Waals surface area contributed by atoms with Crippen LogP contribution in [-0.4, -0.2) is 24.7 Å². The zero-order valence-electron chi connectivity index (χ0n) is 9.99. The molecule has 1 aromatic rings. The summed E-state index contributed by atoms with van der Waals surface area (Å²) in [7, 11) is 1.90. The Bertz CT molecular complexity index is 429. The third-order valence-corrected chi connectivity index (χ3v) is 2.29. The van der Waals surface area contributed by atoms with E-state index in [4.69, 9.17) is 5.11 Å². The van der Waals surface area contributed by atoms with Gasteiger partial charge in [-0.2, -0.15) is 0 Å². The highest BCUT2D eigenvalue weighted by atomic mass is 16.4. The molecule has 0 spiro atoms. The number of rotatable bonds is 5. The number of hydrogen-bond acceptors (Lipinski definition) is 2. The van der Waals surface area contributed by atoms with Gasteiger partial charge in [0.25, 0.3) is 0 Å². The second-order valence-electron chi connectivity index (χ2n) is 3.75. The molecule has 0 atom stereocenters. The van der Waals surface area contributed by atoms with E-state index in [1.165, 1.54) is 0 Å². The van der Waals surface area contributed by atoms with E-state index in [1.807, 2.05) is 31.3 Å². The van der Waals surface area contributed by atoms with Gasteiger partial charge in [-0.3, -0.25) is 4.79 Å². The number of carboxylic acids is 1. The zero-order valence-corrected chi connectivity index (χ0v) is 9.99. The molecule has 0 aliphatic heterocycles. The highest BCUT2D eigenvalue weighted by Gasteiger charge is 1.99. The van der Waals surface area contributed by atoms with Crippen LogP contribution < -0.4 is 5.32 Å². The number of carbonyl (C=O) groups is 1. The summed E-state index contributed by atoms with van der Waals surface area (Å²) in [5.41, 5.74) is 1.97. The van der Waals surface area contributed by atoms with Crippen LogP contribution in [-0.2, 0) is 11.2 Å². The summed E-state index contributed by atoms with van der Waals surface area (Å²) >= 11 is 0. The number of nitrogens with one attached hydrogen (secondary N) is 1. The number of aliphatic carboxylic acids is 1. The highest BCUT2D eigenvalue weighted by Crippen LogP contribution is 2.06. The molecule has 90 valence electrons. The molecule has 0 aromatic heterocycles. The van der Waals surface area contributed by atoms with Gasteiger partial charge < -0.3 is 10.4 Å². The van der Waals surface area contributed by atoms with E-state index < -0.39 is 5.97 Å². The first kappa shape index (κ1) is 13.3. The normalized spacial score (nSPS) is 9.47. The molecule has 0 heterocycles. The Balaban J connectivity index is 2.58. The standard InChI is InChI=1S/C14H17NO2/c1-15-10-3-2-5-12-6-4-7-13(11-12)8-9-14(16)17/h4,6-7,11,15H,3,8-10H2,1H3,(H,16,17). The lowest BCUT2D eigenvalue weighted by Gasteiger charge is -1.99. The molecule has 0 amide bonds. The molecule has 0 fully saturated rings. The summed E-state index contributed by atoms with van der Waals surface area (Å²) in [5.74, 6) is 5.37. The third-order valence-electron chi connectivity index (χ3n) is 2.29. The van der Waals surface area contributed by atoms with Crippen molar-refractivity contribution in [2.24, 2.45) is 0 Å². The largest absolute Gasteiger partial charge is 0.481 e. The van der Waals surface area contributed by atoms with Gasteiger partial charge in [0.2, 0.25) is 0 Å². The Kier molecular flexibility index (Phi) is 5.84. The maximum absolute atomic E-state index is 10.5. The van der Waals surface area contributed by atoms with Crippen LogP contribution in [0.1, 0.15) is 24.0 Å². The Morgan fingerprint density at radius 1 is 1.47 bits per heavy atom. The predicted octanol–water partition coefficient (Wildman–Crippen LogP) is 1.66. The van der Waals surface area contributed by atoms with E-state index in [9.17, 15) is 4.79 Å². The SMILES string of the molecule is CNCCC#Cc1cccc(CCC(=O)O)c1. The van der Waals surface area contributed by atoms with E-state index >= 15 is 0 Å². The Morgan fingerprint density at radius 3 is 3.00 bits per heavy atom. The molecule has 0 saturated heterocycles. The molecule has 0 saturated carbocycles. The van der Waals surface area contributed by atoms with Crippen molar-refractivity contribution in [1.82, 2.24) is 5.32 Å². The molecule has 0 radical (unpaired) electrons. The topological polar surface area (TPSA) is 49.3 Å². The third kappa shape index (κ3) is 5.74. The van der Waals surface area contributed by atoms with Crippen molar-refractivity contribution in [3.63, 3.8) is 0 Å². The Hall–Kier alpha value is -1.79. The molecular formula is C14H17NO2. The molecule has 0 unspecified atom stereocenters. The van der Waals surface area contributed by atoms with Gasteiger partial charge in [-0.15, -0.1) is 0 Å². The van der Waals surface area contributed by atoms with Crippen LogP contribution in [0.2, 0.25) is 0 Å². The molecule has 17 heavy (non-hydrogen) atoms. The Morgan fingerprint density at radius 2 is 2.29 bits per heavy atom. The number of benzene rings is 1. The summed E-state index contributed by atoms with van der Waals surface area (Å²) in [6, 6.07) is 7.74. The maximum Gasteiger partial charge on any atom is 0.303 e. The molecular weight excluding hydrogens is 214 g/mol. The number of carboxylic acid groups (broad SMARTS) is 1. The molecule has 1 aromatic carbocycles. The van der Waals surface area contributed by atoms with Crippen LogP contribution in [0.15, 0.2) is 24.3 Å². The molecule has 0 aliphatic rings. The summed E-state index contributed by atoms with van der Waals surface area (Å²) in [4.78, 5) is 10.5.